The van der Waals surface area contributed by atoms with E-state index in [2.05, 4.69) is 20.1 Å². The number of benzene rings is 2. The van der Waals surface area contributed by atoms with Crippen LogP contribution in [-0.2, 0) is 17.8 Å². The minimum atomic E-state index is 0.343. The molecule has 0 aliphatic heterocycles. The molecule has 7 nitrogen and oxygen atoms in total. The number of ether oxygens (including phenoxy) is 2. The third-order valence-corrected chi connectivity index (χ3v) is 4.97. The highest BCUT2D eigenvalue weighted by molar-refractivity contribution is 6.12. The van der Waals surface area contributed by atoms with Crippen molar-refractivity contribution in [1.82, 2.24) is 20.1 Å². The molecule has 5 rings (SSSR count). The number of aromatic nitrogens is 4. The van der Waals surface area contributed by atoms with Gasteiger partial charge in [-0.3, -0.25) is 0 Å². The van der Waals surface area contributed by atoms with Gasteiger partial charge in [0.15, 0.2) is 5.82 Å². The molecule has 0 aliphatic rings. The molecule has 0 amide bonds. The van der Waals surface area contributed by atoms with Crippen LogP contribution in [0.15, 0.2) is 59.3 Å². The van der Waals surface area contributed by atoms with Gasteiger partial charge in [-0.1, -0.05) is 36.3 Å². The van der Waals surface area contributed by atoms with E-state index < -0.39 is 0 Å². The Morgan fingerprint density at radius 1 is 1.00 bits per heavy atom. The zero-order valence-electron chi connectivity index (χ0n) is 16.7. The standard InChI is InChI=1S/C23H20N4O3/c1-3-19-26-23(30-27-19)22-15(13-28-2)20-17(12-24-22)25-16-10-7-11-18(21(16)20)29-14-8-5-4-6-9-14/h4-12,25H,3,13H2,1-2H3. The van der Waals surface area contributed by atoms with Crippen molar-refractivity contribution >= 4 is 21.8 Å². The quantitative estimate of drug-likeness (QED) is 0.418. The molecule has 3 heterocycles. The van der Waals surface area contributed by atoms with E-state index in [0.29, 0.717) is 30.4 Å². The van der Waals surface area contributed by atoms with E-state index in [1.165, 1.54) is 0 Å². The van der Waals surface area contributed by atoms with Gasteiger partial charge in [0.25, 0.3) is 5.89 Å². The van der Waals surface area contributed by atoms with Crippen molar-refractivity contribution in [3.63, 3.8) is 0 Å². The summed E-state index contributed by atoms with van der Waals surface area (Å²) in [6.45, 7) is 2.32. The monoisotopic (exact) mass is 400 g/mol. The fourth-order valence-electron chi connectivity index (χ4n) is 3.63. The molecule has 0 bridgehead atoms. The molecule has 7 heteroatoms. The smallest absolute Gasteiger partial charge is 0.276 e. The van der Waals surface area contributed by atoms with E-state index in [9.17, 15) is 0 Å². The molecule has 0 saturated carbocycles. The summed E-state index contributed by atoms with van der Waals surface area (Å²) in [4.78, 5) is 12.5. The number of H-pyrrole nitrogens is 1. The van der Waals surface area contributed by atoms with Gasteiger partial charge in [-0.25, -0.2) is 4.98 Å². The number of para-hydroxylation sites is 1. The van der Waals surface area contributed by atoms with Crippen LogP contribution in [-0.4, -0.2) is 27.2 Å². The van der Waals surface area contributed by atoms with E-state index in [4.69, 9.17) is 14.0 Å². The maximum Gasteiger partial charge on any atom is 0.276 e. The summed E-state index contributed by atoms with van der Waals surface area (Å²) in [5, 5.41) is 5.95. The lowest BCUT2D eigenvalue weighted by molar-refractivity contribution is 0.186. The Bertz CT molecular complexity index is 1320. The number of aromatic amines is 1. The lowest BCUT2D eigenvalue weighted by Gasteiger charge is -2.10. The normalized spacial score (nSPS) is 11.4. The molecule has 0 unspecified atom stereocenters. The minimum Gasteiger partial charge on any atom is -0.457 e. The maximum atomic E-state index is 6.23. The summed E-state index contributed by atoms with van der Waals surface area (Å²) in [5.74, 6) is 2.55. The third kappa shape index (κ3) is 3.09. The molecule has 0 radical (unpaired) electrons. The molecule has 150 valence electrons. The van der Waals surface area contributed by atoms with Gasteiger partial charge < -0.3 is 19.0 Å². The highest BCUT2D eigenvalue weighted by atomic mass is 16.5. The number of rotatable bonds is 6. The van der Waals surface area contributed by atoms with Gasteiger partial charge in [0.1, 0.15) is 17.2 Å². The summed E-state index contributed by atoms with van der Waals surface area (Å²) in [6, 6.07) is 15.7. The van der Waals surface area contributed by atoms with E-state index in [-0.39, 0.29) is 0 Å². The number of fused-ring (bicyclic) bond motifs is 3. The van der Waals surface area contributed by atoms with Gasteiger partial charge in [-0.15, -0.1) is 0 Å². The Balaban J connectivity index is 1.77. The number of aryl methyl sites for hydroxylation is 1. The van der Waals surface area contributed by atoms with Crippen molar-refractivity contribution in [2.24, 2.45) is 0 Å². The zero-order chi connectivity index (χ0) is 20.5. The predicted molar refractivity (Wildman–Crippen MR) is 113 cm³/mol. The molecule has 0 fully saturated rings. The average molecular weight is 400 g/mol. The van der Waals surface area contributed by atoms with E-state index in [1.807, 2.05) is 55.5 Å². The SMILES string of the molecule is CCc1noc(-c2ncc3[nH]c4cccc(Oc5ccccc5)c4c3c2COC)n1. The topological polar surface area (TPSA) is 86.1 Å². The highest BCUT2D eigenvalue weighted by Crippen LogP contribution is 2.39. The number of methoxy groups -OCH3 is 1. The van der Waals surface area contributed by atoms with Gasteiger partial charge in [0.2, 0.25) is 0 Å². The van der Waals surface area contributed by atoms with E-state index in [1.54, 1.807) is 13.3 Å². The second-order valence-corrected chi connectivity index (χ2v) is 6.90. The molecule has 3 aromatic heterocycles. The average Bonchev–Trinajstić information content (AvgIpc) is 3.40. The molecule has 0 atom stereocenters. The van der Waals surface area contributed by atoms with Crippen LogP contribution >= 0.6 is 0 Å². The first-order chi connectivity index (χ1) is 14.8. The second kappa shape index (κ2) is 7.61. The Hall–Kier alpha value is -3.71. The molecular weight excluding hydrogens is 380 g/mol. The van der Waals surface area contributed by atoms with Gasteiger partial charge >= 0.3 is 0 Å². The van der Waals surface area contributed by atoms with Crippen LogP contribution in [0.25, 0.3) is 33.4 Å². The number of hydrogen-bond donors (Lipinski definition) is 1. The summed E-state index contributed by atoms with van der Waals surface area (Å²) in [5.41, 5.74) is 3.33. The van der Waals surface area contributed by atoms with Gasteiger partial charge in [0.05, 0.1) is 29.2 Å². The van der Waals surface area contributed by atoms with E-state index >= 15 is 0 Å². The Labute approximate surface area is 172 Å². The molecular formula is C23H20N4O3. The van der Waals surface area contributed by atoms with Crippen molar-refractivity contribution < 1.29 is 14.0 Å². The second-order valence-electron chi connectivity index (χ2n) is 6.90. The largest absolute Gasteiger partial charge is 0.457 e. The molecule has 0 aliphatic carbocycles. The van der Waals surface area contributed by atoms with Crippen LogP contribution in [0.3, 0.4) is 0 Å². The van der Waals surface area contributed by atoms with Gasteiger partial charge in [-0.05, 0) is 24.3 Å². The van der Waals surface area contributed by atoms with Crippen LogP contribution < -0.4 is 4.74 Å². The molecule has 5 aromatic rings. The molecule has 2 aromatic carbocycles. The number of hydrogen-bond acceptors (Lipinski definition) is 6. The first-order valence-corrected chi connectivity index (χ1v) is 9.75. The van der Waals surface area contributed by atoms with E-state index in [0.717, 1.165) is 38.9 Å². The number of nitrogens with zero attached hydrogens (tertiary/aromatic N) is 3. The zero-order valence-corrected chi connectivity index (χ0v) is 16.7. The maximum absolute atomic E-state index is 6.23. The van der Waals surface area contributed by atoms with Gasteiger partial charge in [0, 0.05) is 24.5 Å². The lowest BCUT2D eigenvalue weighted by atomic mass is 10.0. The molecule has 30 heavy (non-hydrogen) atoms. The van der Waals surface area contributed by atoms with Crippen molar-refractivity contribution in [2.45, 2.75) is 20.0 Å². The predicted octanol–water partition coefficient (Wildman–Crippen LogP) is 5.27. The minimum absolute atomic E-state index is 0.343. The van der Waals surface area contributed by atoms with Crippen LogP contribution in [0, 0.1) is 0 Å². The number of pyridine rings is 1. The third-order valence-electron chi connectivity index (χ3n) is 4.97. The molecule has 1 N–H and O–H groups in total. The summed E-state index contributed by atoms with van der Waals surface area (Å²) < 4.78 is 17.2. The first kappa shape index (κ1) is 18.3. The summed E-state index contributed by atoms with van der Waals surface area (Å²) in [7, 11) is 1.66. The highest BCUT2D eigenvalue weighted by Gasteiger charge is 2.21. The Morgan fingerprint density at radius 2 is 1.87 bits per heavy atom. The summed E-state index contributed by atoms with van der Waals surface area (Å²) >= 11 is 0. The fourth-order valence-corrected chi connectivity index (χ4v) is 3.63. The fraction of sp³-hybridized carbons (Fsp3) is 0.174. The Morgan fingerprint density at radius 3 is 2.63 bits per heavy atom. The first-order valence-electron chi connectivity index (χ1n) is 9.75. The Kier molecular flexibility index (Phi) is 4.65. The summed E-state index contributed by atoms with van der Waals surface area (Å²) in [6.07, 6.45) is 2.47. The number of nitrogens with one attached hydrogen (secondary N) is 1. The van der Waals surface area contributed by atoms with Crippen molar-refractivity contribution in [2.75, 3.05) is 7.11 Å². The molecule has 0 spiro atoms. The van der Waals surface area contributed by atoms with Crippen LogP contribution in [0.4, 0.5) is 0 Å². The lowest BCUT2D eigenvalue weighted by Crippen LogP contribution is -1.97. The van der Waals surface area contributed by atoms with Crippen LogP contribution in [0.5, 0.6) is 11.5 Å². The van der Waals surface area contributed by atoms with Crippen LogP contribution in [0.2, 0.25) is 0 Å². The van der Waals surface area contributed by atoms with Gasteiger partial charge in [-0.2, -0.15) is 4.98 Å². The van der Waals surface area contributed by atoms with Crippen molar-refractivity contribution in [3.05, 3.63) is 66.1 Å². The molecule has 0 saturated heterocycles. The van der Waals surface area contributed by atoms with Crippen molar-refractivity contribution in [1.29, 1.82) is 0 Å². The van der Waals surface area contributed by atoms with Crippen LogP contribution in [0.1, 0.15) is 18.3 Å². The van der Waals surface area contributed by atoms with Crippen molar-refractivity contribution in [3.8, 4) is 23.1 Å².